The summed E-state index contributed by atoms with van der Waals surface area (Å²) in [6.07, 6.45) is 7.11. The van der Waals surface area contributed by atoms with Crippen molar-refractivity contribution in [1.29, 1.82) is 0 Å². The molecular weight excluding hydrogens is 396 g/mol. The maximum atomic E-state index is 13.0. The van der Waals surface area contributed by atoms with Crippen LogP contribution in [0.4, 0.5) is 11.5 Å². The number of hydrogen-bond acceptors (Lipinski definition) is 7. The number of amides is 1. The van der Waals surface area contributed by atoms with Crippen molar-refractivity contribution in [2.24, 2.45) is 0 Å². The number of hydrogen-bond donors (Lipinski definition) is 3. The Morgan fingerprint density at radius 2 is 2.06 bits per heavy atom. The average Bonchev–Trinajstić information content (AvgIpc) is 3.43. The van der Waals surface area contributed by atoms with Crippen molar-refractivity contribution < 1.29 is 9.53 Å². The van der Waals surface area contributed by atoms with Crippen LogP contribution >= 0.6 is 0 Å². The Hall–Kier alpha value is -3.66. The number of nitrogens with one attached hydrogen (secondary N) is 3. The van der Waals surface area contributed by atoms with Crippen LogP contribution in [0.2, 0.25) is 0 Å². The third kappa shape index (κ3) is 3.07. The highest BCUT2D eigenvalue weighted by molar-refractivity contribution is 6.00. The first kappa shape index (κ1) is 19.3. The highest BCUT2D eigenvalue weighted by Gasteiger charge is 2.33. The summed E-state index contributed by atoms with van der Waals surface area (Å²) in [6.45, 7) is 0. The van der Waals surface area contributed by atoms with Crippen LogP contribution in [0.25, 0.3) is 22.7 Å². The van der Waals surface area contributed by atoms with Crippen LogP contribution in [-0.2, 0) is 4.74 Å². The van der Waals surface area contributed by atoms with Gasteiger partial charge in [-0.2, -0.15) is 9.61 Å². The van der Waals surface area contributed by atoms with E-state index in [1.807, 2.05) is 42.9 Å². The Morgan fingerprint density at radius 1 is 1.19 bits per heavy atom. The smallest absolute Gasteiger partial charge is 0.257 e. The number of rotatable bonds is 6. The number of methoxy groups -OCH3 is 1. The molecule has 10 nitrogen and oxygen atoms in total. The van der Waals surface area contributed by atoms with Crippen molar-refractivity contribution >= 4 is 28.7 Å². The molecule has 31 heavy (non-hydrogen) atoms. The van der Waals surface area contributed by atoms with E-state index in [4.69, 9.17) is 9.72 Å². The van der Waals surface area contributed by atoms with Gasteiger partial charge in [0.2, 0.25) is 0 Å². The van der Waals surface area contributed by atoms with Crippen LogP contribution in [0.5, 0.6) is 0 Å². The van der Waals surface area contributed by atoms with E-state index in [1.165, 1.54) is 0 Å². The van der Waals surface area contributed by atoms with Crippen LogP contribution in [0.15, 0.2) is 36.8 Å². The molecule has 0 bridgehead atoms. The van der Waals surface area contributed by atoms with Gasteiger partial charge in [-0.25, -0.2) is 9.97 Å². The van der Waals surface area contributed by atoms with Crippen molar-refractivity contribution in [3.63, 3.8) is 0 Å². The van der Waals surface area contributed by atoms with Crippen LogP contribution in [0, 0.1) is 0 Å². The molecular formula is C21H24N8O2. The van der Waals surface area contributed by atoms with E-state index >= 15 is 0 Å². The minimum Gasteiger partial charge on any atom is -0.385 e. The first-order valence-corrected chi connectivity index (χ1v) is 10.2. The van der Waals surface area contributed by atoms with E-state index in [2.05, 4.69) is 26.0 Å². The molecule has 5 rings (SSSR count). The molecule has 1 aliphatic carbocycles. The minimum absolute atomic E-state index is 0.0130. The number of carbonyl (C=O) groups is 1. The van der Waals surface area contributed by atoms with Gasteiger partial charge in [0.15, 0.2) is 11.3 Å². The molecule has 0 spiro atoms. The van der Waals surface area contributed by atoms with E-state index in [0.29, 0.717) is 16.9 Å². The lowest BCUT2D eigenvalue weighted by molar-refractivity contribution is 0.00732. The fourth-order valence-corrected chi connectivity index (χ4v) is 4.01. The second-order valence-corrected chi connectivity index (χ2v) is 7.50. The molecule has 10 heteroatoms. The zero-order valence-electron chi connectivity index (χ0n) is 17.6. The minimum atomic E-state index is -0.202. The molecule has 0 radical (unpaired) electrons. The fraction of sp³-hybridized carbons (Fsp3) is 0.333. The largest absolute Gasteiger partial charge is 0.385 e. The van der Waals surface area contributed by atoms with Gasteiger partial charge >= 0.3 is 0 Å². The van der Waals surface area contributed by atoms with Crippen molar-refractivity contribution in [2.75, 3.05) is 31.8 Å². The standard InChI is InChI=1S/C21H24N8O2/c1-22-14-4-6-16(28-9-8-24-20(14)28)15-10-18(23-2)29-19(26-15)12(11-25-29)21(30)27-13-5-7-17(13)31-3/h4,6,8-11,13,17,22-23H,5,7H2,1-3H3,(H,27,30)/t13?,17-/m0/s1. The van der Waals surface area contributed by atoms with Crippen LogP contribution < -0.4 is 16.0 Å². The Balaban J connectivity index is 1.60. The van der Waals surface area contributed by atoms with E-state index in [-0.39, 0.29) is 18.1 Å². The lowest BCUT2D eigenvalue weighted by atomic mass is 9.89. The zero-order valence-corrected chi connectivity index (χ0v) is 17.6. The van der Waals surface area contributed by atoms with E-state index in [0.717, 1.165) is 35.7 Å². The lowest BCUT2D eigenvalue weighted by Crippen LogP contribution is -2.51. The summed E-state index contributed by atoms with van der Waals surface area (Å²) in [4.78, 5) is 22.2. The maximum Gasteiger partial charge on any atom is 0.257 e. The second kappa shape index (κ2) is 7.55. The molecule has 1 saturated carbocycles. The van der Waals surface area contributed by atoms with Gasteiger partial charge in [0, 0.05) is 39.7 Å². The van der Waals surface area contributed by atoms with Gasteiger partial charge in [-0.15, -0.1) is 0 Å². The van der Waals surface area contributed by atoms with Crippen molar-refractivity contribution in [3.8, 4) is 11.4 Å². The fourth-order valence-electron chi connectivity index (χ4n) is 4.01. The van der Waals surface area contributed by atoms with Gasteiger partial charge in [-0.05, 0) is 25.0 Å². The molecule has 0 aromatic carbocycles. The van der Waals surface area contributed by atoms with Crippen LogP contribution in [0.3, 0.4) is 0 Å². The average molecular weight is 420 g/mol. The highest BCUT2D eigenvalue weighted by Crippen LogP contribution is 2.28. The van der Waals surface area contributed by atoms with Crippen molar-refractivity contribution in [3.05, 3.63) is 42.4 Å². The monoisotopic (exact) mass is 420 g/mol. The van der Waals surface area contributed by atoms with Gasteiger partial charge in [-0.3, -0.25) is 9.20 Å². The third-order valence-electron chi connectivity index (χ3n) is 5.88. The molecule has 1 amide bonds. The summed E-state index contributed by atoms with van der Waals surface area (Å²) in [7, 11) is 5.34. The summed E-state index contributed by atoms with van der Waals surface area (Å²) in [5, 5.41) is 13.7. The van der Waals surface area contributed by atoms with Gasteiger partial charge < -0.3 is 20.7 Å². The Bertz CT molecular complexity index is 1280. The summed E-state index contributed by atoms with van der Waals surface area (Å²) >= 11 is 0. The third-order valence-corrected chi connectivity index (χ3v) is 5.88. The summed E-state index contributed by atoms with van der Waals surface area (Å²) in [6, 6.07) is 5.86. The molecule has 1 unspecified atom stereocenters. The number of pyridine rings is 1. The predicted octanol–water partition coefficient (Wildman–Crippen LogP) is 2.03. The van der Waals surface area contributed by atoms with Gasteiger partial charge in [0.25, 0.3) is 5.91 Å². The number of carbonyl (C=O) groups excluding carboxylic acids is 1. The molecule has 4 aromatic heterocycles. The van der Waals surface area contributed by atoms with E-state index in [9.17, 15) is 4.79 Å². The first-order valence-electron chi connectivity index (χ1n) is 10.2. The maximum absolute atomic E-state index is 13.0. The molecule has 4 heterocycles. The summed E-state index contributed by atoms with van der Waals surface area (Å²) < 4.78 is 9.00. The van der Waals surface area contributed by atoms with Crippen LogP contribution in [0.1, 0.15) is 23.2 Å². The topological polar surface area (TPSA) is 110 Å². The number of aromatic nitrogens is 5. The number of fused-ring (bicyclic) bond motifs is 2. The zero-order chi connectivity index (χ0) is 21.5. The number of anilines is 2. The Labute approximate surface area is 178 Å². The van der Waals surface area contributed by atoms with Crippen molar-refractivity contribution in [2.45, 2.75) is 25.0 Å². The Morgan fingerprint density at radius 3 is 2.77 bits per heavy atom. The highest BCUT2D eigenvalue weighted by atomic mass is 16.5. The second-order valence-electron chi connectivity index (χ2n) is 7.50. The molecule has 1 fully saturated rings. The summed E-state index contributed by atoms with van der Waals surface area (Å²) in [5.41, 5.74) is 4.19. The molecule has 0 aliphatic heterocycles. The molecule has 3 N–H and O–H groups in total. The predicted molar refractivity (Wildman–Crippen MR) is 118 cm³/mol. The van der Waals surface area contributed by atoms with Crippen LogP contribution in [-0.4, -0.2) is 63.2 Å². The quantitative estimate of drug-likeness (QED) is 0.438. The normalized spacial score (nSPS) is 18.2. The van der Waals surface area contributed by atoms with Gasteiger partial charge in [-0.1, -0.05) is 0 Å². The van der Waals surface area contributed by atoms with E-state index < -0.39 is 0 Å². The van der Waals surface area contributed by atoms with E-state index in [1.54, 1.807) is 24.0 Å². The summed E-state index contributed by atoms with van der Waals surface area (Å²) in [5.74, 6) is 0.523. The molecule has 1 aliphatic rings. The van der Waals surface area contributed by atoms with Gasteiger partial charge in [0.1, 0.15) is 11.4 Å². The molecule has 2 atom stereocenters. The van der Waals surface area contributed by atoms with Crippen molar-refractivity contribution in [1.82, 2.24) is 29.3 Å². The SMILES string of the molecule is CNc1ccc(-c2cc(NC)n3ncc(C(=O)NC4CC[C@@H]4OC)c3n2)n2ccnc12. The molecule has 0 saturated heterocycles. The number of nitrogens with zero attached hydrogens (tertiary/aromatic N) is 5. The first-order chi connectivity index (χ1) is 15.1. The van der Waals surface area contributed by atoms with Gasteiger partial charge in [0.05, 0.1) is 35.4 Å². The Kier molecular flexibility index (Phi) is 4.70. The number of ether oxygens (including phenoxy) is 1. The molecule has 4 aromatic rings. The number of imidazole rings is 1. The lowest BCUT2D eigenvalue weighted by Gasteiger charge is -2.35. The molecule has 160 valence electrons.